The fourth-order valence-corrected chi connectivity index (χ4v) is 1.84. The fourth-order valence-electron chi connectivity index (χ4n) is 1.84. The van der Waals surface area contributed by atoms with Gasteiger partial charge in [-0.05, 0) is 18.2 Å². The van der Waals surface area contributed by atoms with E-state index < -0.39 is 6.10 Å². The molecule has 0 saturated heterocycles. The summed E-state index contributed by atoms with van der Waals surface area (Å²) in [6.07, 6.45) is 4.11. The van der Waals surface area contributed by atoms with E-state index in [0.29, 0.717) is 11.5 Å². The molecule has 2 aromatic rings. The summed E-state index contributed by atoms with van der Waals surface area (Å²) in [7, 11) is 0. The maximum atomic E-state index is 12.0. The van der Waals surface area contributed by atoms with Crippen LogP contribution in [-0.2, 0) is 4.79 Å². The van der Waals surface area contributed by atoms with E-state index in [4.69, 9.17) is 9.47 Å². The van der Waals surface area contributed by atoms with Crippen molar-refractivity contribution in [3.63, 3.8) is 0 Å². The van der Waals surface area contributed by atoms with E-state index in [1.165, 1.54) is 6.21 Å². The summed E-state index contributed by atoms with van der Waals surface area (Å²) in [5.74, 6) is 0.838. The van der Waals surface area contributed by atoms with Gasteiger partial charge in [0.15, 0.2) is 11.5 Å². The molecule has 0 saturated carbocycles. The number of nitrogens with zero attached hydrogens (tertiary/aromatic N) is 2. The van der Waals surface area contributed by atoms with E-state index in [2.05, 4.69) is 15.5 Å². The minimum atomic E-state index is -0.717. The van der Waals surface area contributed by atoms with Crippen molar-refractivity contribution in [3.05, 3.63) is 54.4 Å². The summed E-state index contributed by atoms with van der Waals surface area (Å²) in [4.78, 5) is 15.9. The van der Waals surface area contributed by atoms with Gasteiger partial charge in [-0.25, -0.2) is 5.43 Å². The average molecular weight is 283 g/mol. The van der Waals surface area contributed by atoms with Gasteiger partial charge in [0, 0.05) is 18.0 Å². The second kappa shape index (κ2) is 6.04. The quantitative estimate of drug-likeness (QED) is 0.682. The molecule has 1 unspecified atom stereocenters. The Morgan fingerprint density at radius 2 is 2.14 bits per heavy atom. The first-order valence-corrected chi connectivity index (χ1v) is 6.44. The minimum absolute atomic E-state index is 0.158. The third-order valence-corrected chi connectivity index (χ3v) is 2.87. The van der Waals surface area contributed by atoms with Gasteiger partial charge in [0.05, 0.1) is 6.21 Å². The Morgan fingerprint density at radius 3 is 2.95 bits per heavy atom. The number of para-hydroxylation sites is 2. The van der Waals surface area contributed by atoms with Crippen LogP contribution in [0.3, 0.4) is 0 Å². The van der Waals surface area contributed by atoms with Gasteiger partial charge >= 0.3 is 0 Å². The molecule has 106 valence electrons. The van der Waals surface area contributed by atoms with E-state index >= 15 is 0 Å². The Kier molecular flexibility index (Phi) is 3.77. The Balaban J connectivity index is 1.59. The van der Waals surface area contributed by atoms with Crippen LogP contribution < -0.4 is 14.9 Å². The molecule has 1 atom stereocenters. The SMILES string of the molecule is O=C(NN=Cc1cccnc1)C1COc2ccccc2O1. The van der Waals surface area contributed by atoms with E-state index in [1.807, 2.05) is 18.2 Å². The van der Waals surface area contributed by atoms with Gasteiger partial charge < -0.3 is 9.47 Å². The fraction of sp³-hybridized carbons (Fsp3) is 0.133. The van der Waals surface area contributed by atoms with Gasteiger partial charge in [-0.3, -0.25) is 9.78 Å². The van der Waals surface area contributed by atoms with Crippen LogP contribution >= 0.6 is 0 Å². The highest BCUT2D eigenvalue weighted by molar-refractivity contribution is 5.84. The first kappa shape index (κ1) is 13.1. The number of hydrogen-bond donors (Lipinski definition) is 1. The lowest BCUT2D eigenvalue weighted by molar-refractivity contribution is -0.130. The van der Waals surface area contributed by atoms with Crippen molar-refractivity contribution in [1.82, 2.24) is 10.4 Å². The van der Waals surface area contributed by atoms with Crippen molar-refractivity contribution < 1.29 is 14.3 Å². The first-order valence-electron chi connectivity index (χ1n) is 6.44. The zero-order valence-corrected chi connectivity index (χ0v) is 11.1. The first-order chi connectivity index (χ1) is 10.3. The van der Waals surface area contributed by atoms with Crippen molar-refractivity contribution >= 4 is 12.1 Å². The summed E-state index contributed by atoms with van der Waals surface area (Å²) in [6, 6.07) is 10.8. The van der Waals surface area contributed by atoms with Crippen molar-refractivity contribution in [3.8, 4) is 11.5 Å². The van der Waals surface area contributed by atoms with Gasteiger partial charge in [0.2, 0.25) is 6.10 Å². The highest BCUT2D eigenvalue weighted by Gasteiger charge is 2.26. The molecule has 0 spiro atoms. The molecule has 0 radical (unpaired) electrons. The predicted octanol–water partition coefficient (Wildman–Crippen LogP) is 1.37. The molecule has 2 heterocycles. The number of rotatable bonds is 3. The smallest absolute Gasteiger partial charge is 0.284 e. The van der Waals surface area contributed by atoms with Crippen LogP contribution in [0.15, 0.2) is 53.9 Å². The second-order valence-corrected chi connectivity index (χ2v) is 4.38. The molecule has 3 rings (SSSR count). The highest BCUT2D eigenvalue weighted by atomic mass is 16.6. The molecule has 6 heteroatoms. The van der Waals surface area contributed by atoms with Gasteiger partial charge in [0.25, 0.3) is 5.91 Å². The lowest BCUT2D eigenvalue weighted by atomic mass is 10.2. The molecule has 0 aliphatic carbocycles. The number of ether oxygens (including phenoxy) is 2. The van der Waals surface area contributed by atoms with Crippen LogP contribution in [0.25, 0.3) is 0 Å². The van der Waals surface area contributed by atoms with Gasteiger partial charge in [-0.2, -0.15) is 5.10 Å². The van der Waals surface area contributed by atoms with Crippen molar-refractivity contribution in [1.29, 1.82) is 0 Å². The predicted molar refractivity (Wildman–Crippen MR) is 76.3 cm³/mol. The lowest BCUT2D eigenvalue weighted by Crippen LogP contribution is -2.42. The summed E-state index contributed by atoms with van der Waals surface area (Å²) in [5.41, 5.74) is 3.22. The molecule has 6 nitrogen and oxygen atoms in total. The number of nitrogens with one attached hydrogen (secondary N) is 1. The Morgan fingerprint density at radius 1 is 1.29 bits per heavy atom. The largest absolute Gasteiger partial charge is 0.485 e. The third kappa shape index (κ3) is 3.17. The van der Waals surface area contributed by atoms with Crippen LogP contribution in [0.4, 0.5) is 0 Å². The normalized spacial score (nSPS) is 16.7. The van der Waals surface area contributed by atoms with E-state index in [9.17, 15) is 4.79 Å². The number of hydrogen-bond acceptors (Lipinski definition) is 5. The van der Waals surface area contributed by atoms with Gasteiger partial charge in [0.1, 0.15) is 6.61 Å². The molecule has 0 fully saturated rings. The maximum Gasteiger partial charge on any atom is 0.284 e. The zero-order chi connectivity index (χ0) is 14.5. The summed E-state index contributed by atoms with van der Waals surface area (Å²) in [5, 5.41) is 3.87. The number of aromatic nitrogens is 1. The molecule has 1 aromatic heterocycles. The van der Waals surface area contributed by atoms with E-state index in [1.54, 1.807) is 30.6 Å². The zero-order valence-electron chi connectivity index (χ0n) is 11.1. The van der Waals surface area contributed by atoms with E-state index in [-0.39, 0.29) is 12.5 Å². The molecule has 1 aromatic carbocycles. The van der Waals surface area contributed by atoms with E-state index in [0.717, 1.165) is 5.56 Å². The molecular weight excluding hydrogens is 270 g/mol. The van der Waals surface area contributed by atoms with Crippen LogP contribution in [-0.4, -0.2) is 29.8 Å². The molecule has 1 N–H and O–H groups in total. The number of amides is 1. The maximum absolute atomic E-state index is 12.0. The average Bonchev–Trinajstić information content (AvgIpc) is 2.55. The van der Waals surface area contributed by atoms with Crippen molar-refractivity contribution in [2.24, 2.45) is 5.10 Å². The molecule has 1 aliphatic heterocycles. The highest BCUT2D eigenvalue weighted by Crippen LogP contribution is 2.30. The standard InChI is InChI=1S/C15H13N3O3/c19-15(18-17-9-11-4-3-7-16-8-11)14-10-20-12-5-1-2-6-13(12)21-14/h1-9,14H,10H2,(H,18,19). The summed E-state index contributed by atoms with van der Waals surface area (Å²) >= 11 is 0. The molecule has 1 amide bonds. The Labute approximate surface area is 121 Å². The molecule has 0 bridgehead atoms. The van der Waals surface area contributed by atoms with Crippen LogP contribution in [0, 0.1) is 0 Å². The number of fused-ring (bicyclic) bond motifs is 1. The monoisotopic (exact) mass is 283 g/mol. The van der Waals surface area contributed by atoms with Crippen molar-refractivity contribution in [2.75, 3.05) is 6.61 Å². The number of carbonyl (C=O) groups excluding carboxylic acids is 1. The number of carbonyl (C=O) groups is 1. The topological polar surface area (TPSA) is 72.8 Å². The van der Waals surface area contributed by atoms with Crippen molar-refractivity contribution in [2.45, 2.75) is 6.10 Å². The Hall–Kier alpha value is -2.89. The van der Waals surface area contributed by atoms with Crippen LogP contribution in [0.1, 0.15) is 5.56 Å². The summed E-state index contributed by atoms with van der Waals surface area (Å²) < 4.78 is 11.0. The number of pyridine rings is 1. The Bertz CT molecular complexity index is 658. The van der Waals surface area contributed by atoms with Crippen LogP contribution in [0.2, 0.25) is 0 Å². The summed E-state index contributed by atoms with van der Waals surface area (Å²) in [6.45, 7) is 0.158. The number of benzene rings is 1. The van der Waals surface area contributed by atoms with Crippen LogP contribution in [0.5, 0.6) is 11.5 Å². The second-order valence-electron chi connectivity index (χ2n) is 4.38. The van der Waals surface area contributed by atoms with Gasteiger partial charge in [-0.1, -0.05) is 18.2 Å². The molecule has 21 heavy (non-hydrogen) atoms. The van der Waals surface area contributed by atoms with Gasteiger partial charge in [-0.15, -0.1) is 0 Å². The molecule has 1 aliphatic rings. The molecular formula is C15H13N3O3. The minimum Gasteiger partial charge on any atom is -0.485 e. The number of hydrazone groups is 1. The lowest BCUT2D eigenvalue weighted by Gasteiger charge is -2.24. The third-order valence-electron chi connectivity index (χ3n) is 2.87.